The van der Waals surface area contributed by atoms with Crippen LogP contribution in [0.2, 0.25) is 0 Å². The van der Waals surface area contributed by atoms with Gasteiger partial charge in [0, 0.05) is 16.8 Å². The number of aryl methyl sites for hydroxylation is 1. The molecule has 2 saturated carbocycles. The van der Waals surface area contributed by atoms with Crippen molar-refractivity contribution in [1.29, 1.82) is 0 Å². The van der Waals surface area contributed by atoms with Crippen LogP contribution in [0.5, 0.6) is 0 Å². The van der Waals surface area contributed by atoms with Crippen molar-refractivity contribution in [1.82, 2.24) is 5.32 Å². The van der Waals surface area contributed by atoms with Crippen LogP contribution in [0.25, 0.3) is 0 Å². The second kappa shape index (κ2) is 6.55. The van der Waals surface area contributed by atoms with Crippen molar-refractivity contribution in [3.05, 3.63) is 16.0 Å². The molecule has 3 rings (SSSR count). The molecule has 2 aliphatic rings. The van der Waals surface area contributed by atoms with Crippen LogP contribution in [0, 0.1) is 19.8 Å². The fraction of sp³-hybridized carbons (Fsp3) is 0.588. The van der Waals surface area contributed by atoms with Crippen LogP contribution < -0.4 is 10.6 Å². The normalized spacial score (nSPS) is 18.0. The molecule has 1 heterocycles. The molecule has 2 amide bonds. The maximum absolute atomic E-state index is 12.5. The highest BCUT2D eigenvalue weighted by molar-refractivity contribution is 7.16. The Morgan fingerprint density at radius 3 is 2.42 bits per heavy atom. The van der Waals surface area contributed by atoms with Gasteiger partial charge >= 0.3 is 5.97 Å². The molecule has 0 bridgehead atoms. The van der Waals surface area contributed by atoms with Gasteiger partial charge in [-0.25, -0.2) is 4.79 Å². The second-order valence-electron chi connectivity index (χ2n) is 6.58. The summed E-state index contributed by atoms with van der Waals surface area (Å²) < 4.78 is 5.32. The molecule has 2 fully saturated rings. The molecule has 0 unspecified atom stereocenters. The Bertz CT molecular complexity index is 689. The van der Waals surface area contributed by atoms with Crippen LogP contribution in [-0.4, -0.2) is 29.9 Å². The minimum atomic E-state index is -0.857. The van der Waals surface area contributed by atoms with E-state index in [1.54, 1.807) is 6.92 Å². The minimum Gasteiger partial charge on any atom is -0.449 e. The van der Waals surface area contributed by atoms with Gasteiger partial charge in [0.05, 0.1) is 5.56 Å². The maximum atomic E-state index is 12.5. The Hall–Kier alpha value is -1.89. The summed E-state index contributed by atoms with van der Waals surface area (Å²) >= 11 is 1.37. The lowest BCUT2D eigenvalue weighted by Crippen LogP contribution is -2.37. The van der Waals surface area contributed by atoms with Crippen LogP contribution in [0.3, 0.4) is 0 Å². The van der Waals surface area contributed by atoms with E-state index in [9.17, 15) is 14.4 Å². The van der Waals surface area contributed by atoms with Crippen LogP contribution in [0.1, 0.15) is 53.4 Å². The molecule has 0 spiro atoms. The van der Waals surface area contributed by atoms with E-state index < -0.39 is 12.1 Å². The zero-order valence-electron chi connectivity index (χ0n) is 14.1. The van der Waals surface area contributed by atoms with E-state index >= 15 is 0 Å². The van der Waals surface area contributed by atoms with Gasteiger partial charge in [0.1, 0.15) is 5.00 Å². The number of thiophene rings is 1. The van der Waals surface area contributed by atoms with E-state index in [1.165, 1.54) is 11.3 Å². The first-order chi connectivity index (χ1) is 11.4. The summed E-state index contributed by atoms with van der Waals surface area (Å²) in [6, 6.07) is 0.220. The van der Waals surface area contributed by atoms with E-state index in [1.807, 2.05) is 13.8 Å². The van der Waals surface area contributed by atoms with Gasteiger partial charge in [-0.1, -0.05) is 0 Å². The van der Waals surface area contributed by atoms with E-state index in [-0.39, 0.29) is 23.8 Å². The average Bonchev–Trinajstić information content (AvgIpc) is 3.40. The molecule has 2 N–H and O–H groups in total. The summed E-state index contributed by atoms with van der Waals surface area (Å²) in [6.45, 7) is 5.28. The number of hydrogen-bond donors (Lipinski definition) is 2. The topological polar surface area (TPSA) is 84.5 Å². The van der Waals surface area contributed by atoms with Crippen LogP contribution in [0.15, 0.2) is 0 Å². The molecule has 7 heteroatoms. The highest BCUT2D eigenvalue weighted by atomic mass is 32.1. The van der Waals surface area contributed by atoms with Crippen molar-refractivity contribution in [3.8, 4) is 0 Å². The predicted molar refractivity (Wildman–Crippen MR) is 91.2 cm³/mol. The lowest BCUT2D eigenvalue weighted by molar-refractivity contribution is -0.129. The number of anilines is 1. The third-order valence-corrected chi connectivity index (χ3v) is 5.47. The Morgan fingerprint density at radius 2 is 1.83 bits per heavy atom. The summed E-state index contributed by atoms with van der Waals surface area (Å²) in [6.07, 6.45) is 2.89. The lowest BCUT2D eigenvalue weighted by atomic mass is 10.1. The Labute approximate surface area is 145 Å². The van der Waals surface area contributed by atoms with Gasteiger partial charge in [0.25, 0.3) is 5.91 Å². The van der Waals surface area contributed by atoms with Crippen molar-refractivity contribution in [2.75, 3.05) is 5.32 Å². The van der Waals surface area contributed by atoms with Gasteiger partial charge in [-0.2, -0.15) is 0 Å². The molecule has 2 aliphatic carbocycles. The monoisotopic (exact) mass is 350 g/mol. The summed E-state index contributed by atoms with van der Waals surface area (Å²) in [5, 5.41) is 6.17. The fourth-order valence-electron chi connectivity index (χ4n) is 2.34. The third-order valence-electron chi connectivity index (χ3n) is 4.35. The number of esters is 1. The standard InChI is InChI=1S/C17H22N2O4S/c1-8-10(3)24-16(19-15(21)11-4-5-11)13(8)17(22)23-9(2)14(20)18-12-6-7-12/h9,11-12H,4-7H2,1-3H3,(H,18,20)(H,19,21)/t9-/m1/s1. The zero-order valence-corrected chi connectivity index (χ0v) is 14.9. The Morgan fingerprint density at radius 1 is 1.17 bits per heavy atom. The highest BCUT2D eigenvalue weighted by Gasteiger charge is 2.33. The number of carbonyl (C=O) groups excluding carboxylic acids is 3. The van der Waals surface area contributed by atoms with Gasteiger partial charge in [0.15, 0.2) is 6.10 Å². The summed E-state index contributed by atoms with van der Waals surface area (Å²) in [5.41, 5.74) is 1.14. The molecule has 0 radical (unpaired) electrons. The molecule has 0 aromatic carbocycles. The first-order valence-electron chi connectivity index (χ1n) is 8.29. The first kappa shape index (κ1) is 17.0. The molecule has 130 valence electrons. The van der Waals surface area contributed by atoms with Crippen LogP contribution in [-0.2, 0) is 14.3 Å². The summed E-state index contributed by atoms with van der Waals surface area (Å²) in [4.78, 5) is 37.4. The molecular formula is C17H22N2O4S. The van der Waals surface area contributed by atoms with E-state index in [0.29, 0.717) is 10.6 Å². The fourth-order valence-corrected chi connectivity index (χ4v) is 3.39. The number of ether oxygens (including phenoxy) is 1. The van der Waals surface area contributed by atoms with E-state index in [2.05, 4.69) is 10.6 Å². The second-order valence-corrected chi connectivity index (χ2v) is 7.81. The smallest absolute Gasteiger partial charge is 0.342 e. The highest BCUT2D eigenvalue weighted by Crippen LogP contribution is 2.36. The SMILES string of the molecule is Cc1sc(NC(=O)C2CC2)c(C(=O)O[C@H](C)C(=O)NC2CC2)c1C. The lowest BCUT2D eigenvalue weighted by Gasteiger charge is -2.14. The average molecular weight is 350 g/mol. The number of hydrogen-bond acceptors (Lipinski definition) is 5. The Kier molecular flexibility index (Phi) is 4.62. The van der Waals surface area contributed by atoms with Gasteiger partial charge in [-0.15, -0.1) is 11.3 Å². The molecule has 1 atom stereocenters. The van der Waals surface area contributed by atoms with Crippen molar-refractivity contribution >= 4 is 34.1 Å². The number of carbonyl (C=O) groups is 3. The molecule has 1 aromatic rings. The maximum Gasteiger partial charge on any atom is 0.342 e. The first-order valence-corrected chi connectivity index (χ1v) is 9.10. The van der Waals surface area contributed by atoms with Gasteiger partial charge in [0.2, 0.25) is 5.91 Å². The minimum absolute atomic E-state index is 0.0511. The Balaban J connectivity index is 1.70. The number of nitrogens with one attached hydrogen (secondary N) is 2. The molecule has 6 nitrogen and oxygen atoms in total. The van der Waals surface area contributed by atoms with Gasteiger partial charge in [-0.3, -0.25) is 9.59 Å². The molecular weight excluding hydrogens is 328 g/mol. The van der Waals surface area contributed by atoms with Crippen LogP contribution in [0.4, 0.5) is 5.00 Å². The summed E-state index contributed by atoms with van der Waals surface area (Å²) in [7, 11) is 0. The van der Waals surface area contributed by atoms with Crippen molar-refractivity contribution < 1.29 is 19.1 Å². The van der Waals surface area contributed by atoms with E-state index in [4.69, 9.17) is 4.74 Å². The van der Waals surface area contributed by atoms with Crippen LogP contribution >= 0.6 is 11.3 Å². The van der Waals surface area contributed by atoms with Gasteiger partial charge < -0.3 is 15.4 Å². The molecule has 0 saturated heterocycles. The molecule has 24 heavy (non-hydrogen) atoms. The number of rotatable bonds is 6. The quantitative estimate of drug-likeness (QED) is 0.772. The summed E-state index contributed by atoms with van der Waals surface area (Å²) in [5.74, 6) is -0.843. The third kappa shape index (κ3) is 3.77. The van der Waals surface area contributed by atoms with Crippen molar-refractivity contribution in [2.45, 2.75) is 58.6 Å². The van der Waals surface area contributed by atoms with Gasteiger partial charge in [-0.05, 0) is 52.0 Å². The molecule has 1 aromatic heterocycles. The van der Waals surface area contributed by atoms with Crippen molar-refractivity contribution in [2.24, 2.45) is 5.92 Å². The zero-order chi connectivity index (χ0) is 17.4. The molecule has 0 aliphatic heterocycles. The predicted octanol–water partition coefficient (Wildman–Crippen LogP) is 2.54. The number of amides is 2. The van der Waals surface area contributed by atoms with E-state index in [0.717, 1.165) is 36.1 Å². The largest absolute Gasteiger partial charge is 0.449 e. The van der Waals surface area contributed by atoms with Crippen molar-refractivity contribution in [3.63, 3.8) is 0 Å².